The number of hydrogen-bond acceptors (Lipinski definition) is 10. The van der Waals surface area contributed by atoms with E-state index in [0.29, 0.717) is 10.0 Å². The second-order valence-electron chi connectivity index (χ2n) is 8.75. The van der Waals surface area contributed by atoms with Crippen molar-refractivity contribution in [3.05, 3.63) is 96.4 Å². The second kappa shape index (κ2) is 11.0. The standard InChI is InChI=1S/C25H19Cl2N5O8/c26-14-5-1-12(2-6-14)23(34)38-11-18-17(40-24(35)13-3-7-15(27)8-4-13)9-19(39-18)31-10-16(32(36)37)20-21(31)29-25(28)30-22(20)33/h1-8,10,17-19H,9,11H2,(H3,28,29,30,33)/t17-,18+,19+/m0/s1. The van der Waals surface area contributed by atoms with Gasteiger partial charge in [0.2, 0.25) is 5.95 Å². The summed E-state index contributed by atoms with van der Waals surface area (Å²) >= 11 is 11.8. The van der Waals surface area contributed by atoms with E-state index in [-0.39, 0.29) is 41.1 Å². The molecule has 3 N–H and O–H groups in total. The van der Waals surface area contributed by atoms with Gasteiger partial charge in [-0.15, -0.1) is 0 Å². The maximum Gasteiger partial charge on any atom is 0.338 e. The van der Waals surface area contributed by atoms with Crippen LogP contribution in [-0.2, 0) is 14.2 Å². The highest BCUT2D eigenvalue weighted by Gasteiger charge is 2.41. The third-order valence-corrected chi connectivity index (χ3v) is 6.67. The fourth-order valence-corrected chi connectivity index (χ4v) is 4.53. The zero-order valence-corrected chi connectivity index (χ0v) is 21.8. The number of nitrogens with two attached hydrogens (primary N) is 1. The van der Waals surface area contributed by atoms with Gasteiger partial charge >= 0.3 is 17.6 Å². The summed E-state index contributed by atoms with van der Waals surface area (Å²) in [5, 5.41) is 12.2. The molecule has 0 aliphatic carbocycles. The number of carbonyl (C=O) groups is 2. The Morgan fingerprint density at radius 2 is 1.70 bits per heavy atom. The van der Waals surface area contributed by atoms with Crippen molar-refractivity contribution >= 4 is 57.8 Å². The van der Waals surface area contributed by atoms with E-state index < -0.39 is 46.5 Å². The number of nitrogens with zero attached hydrogens (tertiary/aromatic N) is 3. The van der Waals surface area contributed by atoms with E-state index in [1.807, 2.05) is 0 Å². The number of hydrogen-bond donors (Lipinski definition) is 2. The lowest BCUT2D eigenvalue weighted by Gasteiger charge is -2.19. The first-order chi connectivity index (χ1) is 19.1. The first-order valence-corrected chi connectivity index (χ1v) is 12.5. The predicted molar refractivity (Wildman–Crippen MR) is 142 cm³/mol. The summed E-state index contributed by atoms with van der Waals surface area (Å²) in [6.45, 7) is -0.325. The lowest BCUT2D eigenvalue weighted by molar-refractivity contribution is -0.383. The van der Waals surface area contributed by atoms with Gasteiger partial charge in [-0.25, -0.2) is 9.59 Å². The lowest BCUT2D eigenvalue weighted by Crippen LogP contribution is -2.32. The number of anilines is 1. The van der Waals surface area contributed by atoms with Crippen molar-refractivity contribution in [2.24, 2.45) is 0 Å². The van der Waals surface area contributed by atoms with Crippen molar-refractivity contribution in [3.8, 4) is 0 Å². The van der Waals surface area contributed by atoms with Crippen molar-refractivity contribution in [1.82, 2.24) is 14.5 Å². The summed E-state index contributed by atoms with van der Waals surface area (Å²) in [5.74, 6) is -1.62. The minimum absolute atomic E-state index is 0.0161. The van der Waals surface area contributed by atoms with Gasteiger partial charge < -0.3 is 19.9 Å². The maximum absolute atomic E-state index is 12.9. The zero-order chi connectivity index (χ0) is 28.6. The molecule has 3 heterocycles. The number of aromatic amines is 1. The van der Waals surface area contributed by atoms with E-state index >= 15 is 0 Å². The molecule has 0 saturated carbocycles. The molecule has 1 aliphatic rings. The third kappa shape index (κ3) is 5.47. The number of benzene rings is 2. The Bertz CT molecular complexity index is 1670. The number of fused-ring (bicyclic) bond motifs is 1. The quantitative estimate of drug-likeness (QED) is 0.183. The van der Waals surface area contributed by atoms with E-state index in [0.717, 1.165) is 6.20 Å². The normalized spacial score (nSPS) is 18.5. The number of ether oxygens (including phenoxy) is 3. The molecule has 1 fully saturated rings. The predicted octanol–water partition coefficient (Wildman–Crippen LogP) is 3.89. The van der Waals surface area contributed by atoms with Gasteiger partial charge in [-0.05, 0) is 48.5 Å². The van der Waals surface area contributed by atoms with Crippen LogP contribution in [0.4, 0.5) is 11.6 Å². The fourth-order valence-electron chi connectivity index (χ4n) is 4.28. The Kier molecular flexibility index (Phi) is 7.43. The van der Waals surface area contributed by atoms with Gasteiger partial charge in [-0.3, -0.25) is 24.5 Å². The van der Waals surface area contributed by atoms with E-state index in [9.17, 15) is 24.5 Å². The topological polar surface area (TPSA) is 182 Å². The van der Waals surface area contributed by atoms with Crippen LogP contribution in [0, 0.1) is 10.1 Å². The molecule has 0 bridgehead atoms. The van der Waals surface area contributed by atoms with Crippen LogP contribution in [0.25, 0.3) is 11.0 Å². The molecule has 2 aromatic carbocycles. The van der Waals surface area contributed by atoms with Crippen LogP contribution in [0.2, 0.25) is 10.0 Å². The van der Waals surface area contributed by atoms with Crippen molar-refractivity contribution < 1.29 is 28.7 Å². The lowest BCUT2D eigenvalue weighted by atomic mass is 10.1. The molecule has 2 aromatic heterocycles. The van der Waals surface area contributed by atoms with E-state index in [2.05, 4.69) is 9.97 Å². The average Bonchev–Trinajstić information content (AvgIpc) is 3.49. The number of halogens is 2. The highest BCUT2D eigenvalue weighted by Crippen LogP contribution is 2.36. The van der Waals surface area contributed by atoms with Crippen LogP contribution in [0.5, 0.6) is 0 Å². The summed E-state index contributed by atoms with van der Waals surface area (Å²) in [7, 11) is 0. The SMILES string of the molecule is Nc1nc2c(c([N+](=O)[O-])cn2[C@H]2C[C@H](OC(=O)c3ccc(Cl)cc3)[C@@H](COC(=O)c3ccc(Cl)cc3)O2)c(=O)[nH]1. The smallest absolute Gasteiger partial charge is 0.338 e. The largest absolute Gasteiger partial charge is 0.459 e. The van der Waals surface area contributed by atoms with Gasteiger partial charge in [0.05, 0.1) is 22.2 Å². The molecule has 4 aromatic rings. The number of rotatable bonds is 7. The molecule has 5 rings (SSSR count). The van der Waals surface area contributed by atoms with Crippen molar-refractivity contribution in [2.45, 2.75) is 24.9 Å². The number of carbonyl (C=O) groups excluding carboxylic acids is 2. The molecule has 0 spiro atoms. The minimum Gasteiger partial charge on any atom is -0.459 e. The Morgan fingerprint density at radius 1 is 1.10 bits per heavy atom. The first kappa shape index (κ1) is 27.1. The maximum atomic E-state index is 12.9. The molecule has 0 radical (unpaired) electrons. The third-order valence-electron chi connectivity index (χ3n) is 6.17. The summed E-state index contributed by atoms with van der Waals surface area (Å²) in [5.41, 5.74) is 4.72. The molecule has 40 heavy (non-hydrogen) atoms. The molecule has 15 heteroatoms. The van der Waals surface area contributed by atoms with Crippen LogP contribution >= 0.6 is 23.2 Å². The molecule has 206 valence electrons. The second-order valence-corrected chi connectivity index (χ2v) is 9.62. The summed E-state index contributed by atoms with van der Waals surface area (Å²) in [6.07, 6.45) is -1.85. The zero-order valence-electron chi connectivity index (χ0n) is 20.3. The minimum atomic E-state index is -0.993. The number of nitrogens with one attached hydrogen (secondary N) is 1. The van der Waals surface area contributed by atoms with Gasteiger partial charge in [-0.2, -0.15) is 4.98 Å². The molecule has 3 atom stereocenters. The Hall–Kier alpha value is -4.46. The molecular weight excluding hydrogens is 569 g/mol. The van der Waals surface area contributed by atoms with Gasteiger partial charge in [-0.1, -0.05) is 23.2 Å². The fraction of sp³-hybridized carbons (Fsp3) is 0.200. The van der Waals surface area contributed by atoms with E-state index in [4.69, 9.17) is 43.1 Å². The van der Waals surface area contributed by atoms with Crippen LogP contribution in [0.1, 0.15) is 33.4 Å². The van der Waals surface area contributed by atoms with Crippen LogP contribution in [-0.4, -0.2) is 50.2 Å². The van der Waals surface area contributed by atoms with E-state index in [1.165, 1.54) is 53.1 Å². The summed E-state index contributed by atoms with van der Waals surface area (Å²) in [6, 6.07) is 12.0. The van der Waals surface area contributed by atoms with Crippen LogP contribution in [0.15, 0.2) is 59.5 Å². The van der Waals surface area contributed by atoms with Crippen molar-refractivity contribution in [1.29, 1.82) is 0 Å². The Balaban J connectivity index is 1.44. The summed E-state index contributed by atoms with van der Waals surface area (Å²) in [4.78, 5) is 55.2. The molecular formula is C25H19Cl2N5O8. The Labute approximate surface area is 234 Å². The van der Waals surface area contributed by atoms with Gasteiger partial charge in [0, 0.05) is 16.5 Å². The first-order valence-electron chi connectivity index (χ1n) is 11.7. The van der Waals surface area contributed by atoms with Gasteiger partial charge in [0.25, 0.3) is 5.56 Å². The Morgan fingerprint density at radius 3 is 2.30 bits per heavy atom. The number of nitro groups is 1. The molecule has 1 aliphatic heterocycles. The average molecular weight is 588 g/mol. The molecule has 13 nitrogen and oxygen atoms in total. The monoisotopic (exact) mass is 587 g/mol. The van der Waals surface area contributed by atoms with Gasteiger partial charge in [0.1, 0.15) is 25.0 Å². The molecule has 0 unspecified atom stereocenters. The van der Waals surface area contributed by atoms with E-state index in [1.54, 1.807) is 0 Å². The highest BCUT2D eigenvalue weighted by molar-refractivity contribution is 6.31. The van der Waals surface area contributed by atoms with Crippen molar-refractivity contribution in [2.75, 3.05) is 12.3 Å². The van der Waals surface area contributed by atoms with Crippen molar-refractivity contribution in [3.63, 3.8) is 0 Å². The summed E-state index contributed by atoms with van der Waals surface area (Å²) < 4.78 is 18.4. The number of esters is 2. The number of H-pyrrole nitrogens is 1. The molecule has 0 amide bonds. The number of aromatic nitrogens is 3. The van der Waals surface area contributed by atoms with Crippen LogP contribution in [0.3, 0.4) is 0 Å². The number of nitrogen functional groups attached to an aromatic ring is 1. The van der Waals surface area contributed by atoms with Gasteiger partial charge in [0.15, 0.2) is 11.0 Å². The molecule has 1 saturated heterocycles. The van der Waals surface area contributed by atoms with Crippen LogP contribution < -0.4 is 11.3 Å². The highest BCUT2D eigenvalue weighted by atomic mass is 35.5.